The second-order valence-corrected chi connectivity index (χ2v) is 13.6. The Bertz CT molecular complexity index is 1540. The molecular weight excluding hydrogens is 586 g/mol. The van der Waals surface area contributed by atoms with E-state index in [0.29, 0.717) is 48.5 Å². The second-order valence-electron chi connectivity index (χ2n) is 13.6. The highest BCUT2D eigenvalue weighted by Gasteiger charge is 2.27. The highest BCUT2D eigenvalue weighted by Crippen LogP contribution is 2.35. The lowest BCUT2D eigenvalue weighted by atomic mass is 9.86. The molecule has 2 atom stereocenters. The normalized spacial score (nSPS) is 15.2. The zero-order valence-corrected chi connectivity index (χ0v) is 28.2. The Morgan fingerprint density at radius 3 is 2.39 bits per heavy atom. The lowest BCUT2D eigenvalue weighted by Gasteiger charge is -2.37. The molecule has 1 aliphatic rings. The van der Waals surface area contributed by atoms with Gasteiger partial charge >= 0.3 is 5.97 Å². The molecule has 1 aromatic heterocycles. The summed E-state index contributed by atoms with van der Waals surface area (Å²) in [5.41, 5.74) is 6.36. The third-order valence-corrected chi connectivity index (χ3v) is 9.15. The fraction of sp³-hybridized carbons (Fsp3) is 0.541. The van der Waals surface area contributed by atoms with Crippen molar-refractivity contribution >= 4 is 5.97 Å². The van der Waals surface area contributed by atoms with Crippen molar-refractivity contribution in [3.63, 3.8) is 0 Å². The van der Waals surface area contributed by atoms with E-state index in [2.05, 4.69) is 24.1 Å². The summed E-state index contributed by atoms with van der Waals surface area (Å²) < 4.78 is 30.1. The number of likely N-dealkylation sites (tertiary alicyclic amines) is 1. The molecule has 7 nitrogen and oxygen atoms in total. The minimum atomic E-state index is -0.973. The van der Waals surface area contributed by atoms with Gasteiger partial charge in [-0.3, -0.25) is 14.0 Å². The van der Waals surface area contributed by atoms with Gasteiger partial charge < -0.3 is 15.3 Å². The number of benzene rings is 2. The van der Waals surface area contributed by atoms with Crippen LogP contribution in [0.5, 0.6) is 0 Å². The van der Waals surface area contributed by atoms with Gasteiger partial charge in [-0.15, -0.1) is 0 Å². The molecule has 0 saturated carbocycles. The number of halogens is 2. The van der Waals surface area contributed by atoms with Crippen LogP contribution in [0.1, 0.15) is 78.6 Å². The number of carboxylic acids is 1. The van der Waals surface area contributed by atoms with Crippen molar-refractivity contribution < 1.29 is 18.7 Å². The Kier molecular flexibility index (Phi) is 12.3. The number of nitrogens with one attached hydrogen (secondary N) is 1. The molecule has 250 valence electrons. The van der Waals surface area contributed by atoms with Crippen LogP contribution in [0.2, 0.25) is 0 Å². The summed E-state index contributed by atoms with van der Waals surface area (Å²) in [4.78, 5) is 27.4. The topological polar surface area (TPSA) is 87.5 Å². The van der Waals surface area contributed by atoms with Gasteiger partial charge in [0, 0.05) is 44.1 Å². The summed E-state index contributed by atoms with van der Waals surface area (Å²) in [6.07, 6.45) is 1.65. The van der Waals surface area contributed by atoms with Crippen molar-refractivity contribution in [2.75, 3.05) is 39.4 Å². The molecule has 2 heterocycles. The number of aliphatic carboxylic acids is 1. The SMILES string of the molecule is Cc1cc(-c2c(C)cccc2C)cc([C@@H](CCNC[C@H](CC(C)C)n2nc(CCN3CC(CF)C3)cc(C)c2=O)CC(=O)O)c1F. The predicted molar refractivity (Wildman–Crippen MR) is 180 cm³/mol. The number of rotatable bonds is 16. The van der Waals surface area contributed by atoms with E-state index >= 15 is 4.39 Å². The molecule has 0 spiro atoms. The van der Waals surface area contributed by atoms with Crippen LogP contribution in [0.25, 0.3) is 11.1 Å². The van der Waals surface area contributed by atoms with Gasteiger partial charge in [-0.1, -0.05) is 32.0 Å². The second kappa shape index (κ2) is 15.9. The van der Waals surface area contributed by atoms with Gasteiger partial charge in [-0.05, 0) is 110 Å². The molecule has 3 aromatic rings. The van der Waals surface area contributed by atoms with Crippen molar-refractivity contribution in [2.45, 2.75) is 79.2 Å². The first-order valence-corrected chi connectivity index (χ1v) is 16.5. The van der Waals surface area contributed by atoms with Gasteiger partial charge in [-0.2, -0.15) is 5.10 Å². The molecule has 2 N–H and O–H groups in total. The summed E-state index contributed by atoms with van der Waals surface area (Å²) in [7, 11) is 0. The van der Waals surface area contributed by atoms with Crippen molar-refractivity contribution in [3.8, 4) is 11.1 Å². The molecule has 46 heavy (non-hydrogen) atoms. The van der Waals surface area contributed by atoms with Gasteiger partial charge in [0.1, 0.15) is 5.82 Å². The number of carbonyl (C=O) groups is 1. The molecule has 9 heteroatoms. The quantitative estimate of drug-likeness (QED) is 0.174. The number of nitrogens with zero attached hydrogens (tertiary/aromatic N) is 3. The average molecular weight is 637 g/mol. The lowest BCUT2D eigenvalue weighted by molar-refractivity contribution is -0.137. The molecule has 2 aromatic carbocycles. The van der Waals surface area contributed by atoms with E-state index < -0.39 is 11.9 Å². The Morgan fingerprint density at radius 1 is 1.07 bits per heavy atom. The Hall–Kier alpha value is -3.43. The minimum Gasteiger partial charge on any atom is -0.481 e. The Balaban J connectivity index is 1.50. The maximum atomic E-state index is 15.6. The molecule has 0 aliphatic carbocycles. The van der Waals surface area contributed by atoms with E-state index in [1.54, 1.807) is 11.6 Å². The number of hydrogen-bond donors (Lipinski definition) is 2. The average Bonchev–Trinajstić information content (AvgIpc) is 2.96. The number of aromatic nitrogens is 2. The first-order chi connectivity index (χ1) is 21.9. The molecule has 0 bridgehead atoms. The first kappa shape index (κ1) is 35.4. The monoisotopic (exact) mass is 636 g/mol. The molecule has 1 saturated heterocycles. The summed E-state index contributed by atoms with van der Waals surface area (Å²) in [5.74, 6) is -1.42. The smallest absolute Gasteiger partial charge is 0.303 e. The van der Waals surface area contributed by atoms with Crippen LogP contribution < -0.4 is 10.9 Å². The maximum Gasteiger partial charge on any atom is 0.303 e. The van der Waals surface area contributed by atoms with Crippen molar-refractivity contribution in [2.24, 2.45) is 11.8 Å². The van der Waals surface area contributed by atoms with Crippen molar-refractivity contribution in [1.29, 1.82) is 0 Å². The molecule has 4 rings (SSSR count). The molecular formula is C37H50F2N4O3. The lowest BCUT2D eigenvalue weighted by Crippen LogP contribution is -2.48. The number of carboxylic acid groups (broad SMARTS) is 1. The van der Waals surface area contributed by atoms with Crippen LogP contribution in [-0.4, -0.2) is 65.2 Å². The van der Waals surface area contributed by atoms with Crippen LogP contribution >= 0.6 is 0 Å². The highest BCUT2D eigenvalue weighted by atomic mass is 19.1. The third kappa shape index (κ3) is 8.88. The summed E-state index contributed by atoms with van der Waals surface area (Å²) >= 11 is 0. The number of hydrogen-bond acceptors (Lipinski definition) is 5. The minimum absolute atomic E-state index is 0.123. The van der Waals surface area contributed by atoms with Gasteiger partial charge in [0.25, 0.3) is 5.56 Å². The summed E-state index contributed by atoms with van der Waals surface area (Å²) in [6.45, 7) is 14.8. The first-order valence-electron chi connectivity index (χ1n) is 16.5. The molecule has 1 aliphatic heterocycles. The van der Waals surface area contributed by atoms with Gasteiger partial charge in [0.15, 0.2) is 0 Å². The summed E-state index contributed by atoms with van der Waals surface area (Å²) in [5, 5.41) is 18.0. The van der Waals surface area contributed by atoms with E-state index in [1.807, 2.05) is 57.2 Å². The highest BCUT2D eigenvalue weighted by molar-refractivity contribution is 5.73. The van der Waals surface area contributed by atoms with Crippen LogP contribution in [0.4, 0.5) is 8.78 Å². The fourth-order valence-electron chi connectivity index (χ4n) is 6.75. The van der Waals surface area contributed by atoms with Gasteiger partial charge in [0.05, 0.1) is 24.8 Å². The van der Waals surface area contributed by atoms with E-state index in [1.165, 1.54) is 0 Å². The standard InChI is InChI=1S/C37H50F2N4O3/c1-23(2)14-32(43-37(46)27(6)16-31(41-43)11-13-42-21-28(19-38)22-42)20-40-12-10-29(18-34(44)45)33-17-30(15-26(5)36(33)39)35-24(3)8-7-9-25(35)4/h7-9,15-17,23,28-29,32,40H,10-14,18-22H2,1-6H3,(H,44,45)/t29-,32-/m0/s1. The molecule has 1 fully saturated rings. The number of alkyl halides is 1. The van der Waals surface area contributed by atoms with E-state index in [0.717, 1.165) is 54.0 Å². The van der Waals surface area contributed by atoms with Crippen LogP contribution in [-0.2, 0) is 11.2 Å². The van der Waals surface area contributed by atoms with Gasteiger partial charge in [-0.25, -0.2) is 9.07 Å². The molecule has 0 amide bonds. The van der Waals surface area contributed by atoms with Crippen molar-refractivity contribution in [3.05, 3.63) is 86.1 Å². The maximum absolute atomic E-state index is 15.6. The molecule has 0 unspecified atom stereocenters. The fourth-order valence-corrected chi connectivity index (χ4v) is 6.75. The number of aryl methyl sites for hydroxylation is 4. The Morgan fingerprint density at radius 2 is 1.76 bits per heavy atom. The predicted octanol–water partition coefficient (Wildman–Crippen LogP) is 6.55. The Labute approximate surface area is 272 Å². The van der Waals surface area contributed by atoms with Crippen molar-refractivity contribution in [1.82, 2.24) is 20.0 Å². The zero-order valence-electron chi connectivity index (χ0n) is 28.2. The zero-order chi connectivity index (χ0) is 33.5. The molecule has 0 radical (unpaired) electrons. The van der Waals surface area contributed by atoms with E-state index in [4.69, 9.17) is 5.10 Å². The van der Waals surface area contributed by atoms with Crippen LogP contribution in [0.15, 0.2) is 41.2 Å². The van der Waals surface area contributed by atoms with E-state index in [9.17, 15) is 19.1 Å². The third-order valence-electron chi connectivity index (χ3n) is 9.15. The van der Waals surface area contributed by atoms with Crippen LogP contribution in [0, 0.1) is 45.3 Å². The van der Waals surface area contributed by atoms with Crippen LogP contribution in [0.3, 0.4) is 0 Å². The largest absolute Gasteiger partial charge is 0.481 e. The van der Waals surface area contributed by atoms with E-state index in [-0.39, 0.29) is 36.4 Å². The van der Waals surface area contributed by atoms with Gasteiger partial charge in [0.2, 0.25) is 0 Å². The summed E-state index contributed by atoms with van der Waals surface area (Å²) in [6, 6.07) is 11.4.